The lowest BCUT2D eigenvalue weighted by molar-refractivity contribution is -0.125. The summed E-state index contributed by atoms with van der Waals surface area (Å²) in [4.78, 5) is 35.5. The second-order valence-electron chi connectivity index (χ2n) is 12.2. The van der Waals surface area contributed by atoms with E-state index in [2.05, 4.69) is 46.8 Å². The molecule has 3 heterocycles. The standard InChI is InChI=1S/C34H39FN6O3Si/c1-5-30(42)40-15-13-24(14-16-40)28-21-41(23-44-17-18-45(2,3)4)33-31(28)32(37-22-38-33)25-11-12-26(29(35)19-25)20-36-34(43)39-27-9-7-6-8-10-27/h5-13,19,21-22H,1,14-18,20,23H2,2-4H3,(H2,36,39,43). The van der Waals surface area contributed by atoms with Gasteiger partial charge in [0.05, 0.1) is 11.1 Å². The van der Waals surface area contributed by atoms with Gasteiger partial charge in [0, 0.05) is 62.9 Å². The highest BCUT2D eigenvalue weighted by molar-refractivity contribution is 6.76. The van der Waals surface area contributed by atoms with Crippen molar-refractivity contribution in [2.75, 3.05) is 25.0 Å². The molecule has 0 radical (unpaired) electrons. The van der Waals surface area contributed by atoms with Crippen molar-refractivity contribution in [1.82, 2.24) is 24.8 Å². The van der Waals surface area contributed by atoms with E-state index in [0.717, 1.165) is 22.6 Å². The van der Waals surface area contributed by atoms with Gasteiger partial charge >= 0.3 is 6.03 Å². The monoisotopic (exact) mass is 626 g/mol. The summed E-state index contributed by atoms with van der Waals surface area (Å²) in [6, 6.07) is 14.6. The number of amides is 3. The van der Waals surface area contributed by atoms with Gasteiger partial charge < -0.3 is 24.8 Å². The lowest BCUT2D eigenvalue weighted by Crippen LogP contribution is -2.33. The number of carbonyl (C=O) groups is 2. The van der Waals surface area contributed by atoms with Gasteiger partial charge in [-0.25, -0.2) is 19.2 Å². The van der Waals surface area contributed by atoms with Gasteiger partial charge in [-0.3, -0.25) is 4.79 Å². The number of fused-ring (bicyclic) bond motifs is 1. The number of nitrogens with one attached hydrogen (secondary N) is 2. The molecule has 0 fully saturated rings. The van der Waals surface area contributed by atoms with E-state index in [-0.39, 0.29) is 12.5 Å². The van der Waals surface area contributed by atoms with Gasteiger partial charge in [0.25, 0.3) is 0 Å². The van der Waals surface area contributed by atoms with E-state index in [4.69, 9.17) is 4.74 Å². The van der Waals surface area contributed by atoms with Crippen LogP contribution in [0.1, 0.15) is 17.5 Å². The number of carbonyl (C=O) groups excluding carboxylic acids is 2. The predicted octanol–water partition coefficient (Wildman–Crippen LogP) is 6.67. The van der Waals surface area contributed by atoms with Crippen molar-refractivity contribution in [2.45, 2.75) is 45.4 Å². The number of ether oxygens (including phenoxy) is 1. The molecule has 3 amide bonds. The third-order valence-electron chi connectivity index (χ3n) is 7.72. The molecule has 9 nitrogen and oxygen atoms in total. The molecule has 0 saturated carbocycles. The first-order chi connectivity index (χ1) is 21.6. The molecule has 2 aromatic carbocycles. The summed E-state index contributed by atoms with van der Waals surface area (Å²) in [6.45, 7) is 12.6. The summed E-state index contributed by atoms with van der Waals surface area (Å²) in [5.41, 5.74) is 4.88. The fourth-order valence-corrected chi connectivity index (χ4v) is 5.94. The molecular formula is C34H39FN6O3Si. The second kappa shape index (κ2) is 14.0. The first-order valence-corrected chi connectivity index (χ1v) is 18.7. The summed E-state index contributed by atoms with van der Waals surface area (Å²) in [7, 11) is -1.25. The van der Waals surface area contributed by atoms with Gasteiger partial charge in [-0.15, -0.1) is 0 Å². The predicted molar refractivity (Wildman–Crippen MR) is 179 cm³/mol. The third-order valence-corrected chi connectivity index (χ3v) is 9.42. The van der Waals surface area contributed by atoms with Gasteiger partial charge in [-0.05, 0) is 42.3 Å². The summed E-state index contributed by atoms with van der Waals surface area (Å²) in [5.74, 6) is -0.555. The van der Waals surface area contributed by atoms with Crippen LogP contribution in [0.2, 0.25) is 25.7 Å². The molecule has 0 aliphatic carbocycles. The minimum Gasteiger partial charge on any atom is -0.361 e. The highest BCUT2D eigenvalue weighted by Gasteiger charge is 2.23. The number of rotatable bonds is 11. The number of para-hydroxylation sites is 1. The lowest BCUT2D eigenvalue weighted by atomic mass is 9.96. The molecule has 11 heteroatoms. The van der Waals surface area contributed by atoms with Crippen molar-refractivity contribution in [3.63, 3.8) is 0 Å². The Labute approximate surface area is 263 Å². The molecule has 1 aliphatic heterocycles. The number of halogens is 1. The number of hydrogen-bond acceptors (Lipinski definition) is 5. The van der Waals surface area contributed by atoms with Crippen molar-refractivity contribution in [2.24, 2.45) is 0 Å². The smallest absolute Gasteiger partial charge is 0.319 e. The van der Waals surface area contributed by atoms with Crippen LogP contribution in [-0.2, 0) is 22.8 Å². The molecule has 1 aliphatic rings. The molecule has 2 aromatic heterocycles. The summed E-state index contributed by atoms with van der Waals surface area (Å²) in [6.07, 6.45) is 7.53. The van der Waals surface area contributed by atoms with Crippen molar-refractivity contribution >= 4 is 42.3 Å². The summed E-state index contributed by atoms with van der Waals surface area (Å²) < 4.78 is 23.5. The topological polar surface area (TPSA) is 101 Å². The molecule has 45 heavy (non-hydrogen) atoms. The van der Waals surface area contributed by atoms with Crippen LogP contribution in [0, 0.1) is 5.82 Å². The van der Waals surface area contributed by atoms with Crippen LogP contribution in [0.5, 0.6) is 0 Å². The number of anilines is 1. The van der Waals surface area contributed by atoms with Gasteiger partial charge in [0.2, 0.25) is 5.91 Å². The number of benzene rings is 2. The van der Waals surface area contributed by atoms with Crippen LogP contribution >= 0.6 is 0 Å². The molecule has 0 bridgehead atoms. The molecule has 0 saturated heterocycles. The maximum Gasteiger partial charge on any atom is 0.319 e. The quantitative estimate of drug-likeness (QED) is 0.110. The Morgan fingerprint density at radius 2 is 1.93 bits per heavy atom. The Kier molecular flexibility index (Phi) is 9.89. The summed E-state index contributed by atoms with van der Waals surface area (Å²) in [5, 5.41) is 6.24. The summed E-state index contributed by atoms with van der Waals surface area (Å²) >= 11 is 0. The van der Waals surface area contributed by atoms with Crippen LogP contribution in [0.25, 0.3) is 27.9 Å². The van der Waals surface area contributed by atoms with Crippen LogP contribution < -0.4 is 10.6 Å². The van der Waals surface area contributed by atoms with Crippen molar-refractivity contribution < 1.29 is 18.7 Å². The molecule has 0 unspecified atom stereocenters. The van der Waals surface area contributed by atoms with Crippen LogP contribution in [0.3, 0.4) is 0 Å². The molecule has 0 atom stereocenters. The molecule has 234 valence electrons. The zero-order chi connectivity index (χ0) is 32.0. The molecule has 5 rings (SSSR count). The first kappa shape index (κ1) is 31.8. The average molecular weight is 627 g/mol. The number of urea groups is 1. The first-order valence-electron chi connectivity index (χ1n) is 15.0. The maximum absolute atomic E-state index is 15.4. The molecule has 2 N–H and O–H groups in total. The van der Waals surface area contributed by atoms with E-state index in [0.29, 0.717) is 61.0 Å². The maximum atomic E-state index is 15.4. The van der Waals surface area contributed by atoms with Crippen LogP contribution in [-0.4, -0.2) is 59.1 Å². The number of hydrogen-bond donors (Lipinski definition) is 2. The minimum atomic E-state index is -1.25. The lowest BCUT2D eigenvalue weighted by Gasteiger charge is -2.25. The average Bonchev–Trinajstić information content (AvgIpc) is 3.41. The fraction of sp³-hybridized carbons (Fsp3) is 0.294. The number of aromatic nitrogens is 3. The third kappa shape index (κ3) is 7.92. The van der Waals surface area contributed by atoms with Crippen molar-refractivity contribution in [3.05, 3.63) is 96.7 Å². The SMILES string of the molecule is C=CC(=O)N1CC=C(c2cn(COCC[Si](C)(C)C)c3ncnc(-c4ccc(CNC(=O)Nc5ccccc5)c(F)c4)c23)CC1. The van der Waals surface area contributed by atoms with E-state index >= 15 is 4.39 Å². The molecular weight excluding hydrogens is 587 g/mol. The Hall–Kier alpha value is -4.61. The van der Waals surface area contributed by atoms with Gasteiger partial charge in [-0.1, -0.05) is 62.6 Å². The van der Waals surface area contributed by atoms with E-state index < -0.39 is 19.9 Å². The fourth-order valence-electron chi connectivity index (χ4n) is 5.18. The van der Waals surface area contributed by atoms with Gasteiger partial charge in [-0.2, -0.15) is 0 Å². The number of nitrogens with zero attached hydrogens (tertiary/aromatic N) is 4. The minimum absolute atomic E-state index is 0.0210. The molecule has 4 aromatic rings. The van der Waals surface area contributed by atoms with Gasteiger partial charge in [0.15, 0.2) is 0 Å². The largest absolute Gasteiger partial charge is 0.361 e. The van der Waals surface area contributed by atoms with Crippen LogP contribution in [0.15, 0.2) is 79.8 Å². The Balaban J connectivity index is 1.43. The van der Waals surface area contributed by atoms with E-state index in [9.17, 15) is 9.59 Å². The Morgan fingerprint density at radius 3 is 2.62 bits per heavy atom. The Bertz CT molecular complexity index is 1730. The van der Waals surface area contributed by atoms with E-state index in [1.807, 2.05) is 41.1 Å². The van der Waals surface area contributed by atoms with Crippen molar-refractivity contribution in [1.29, 1.82) is 0 Å². The Morgan fingerprint density at radius 1 is 1.13 bits per heavy atom. The zero-order valence-electron chi connectivity index (χ0n) is 26.0. The van der Waals surface area contributed by atoms with E-state index in [1.165, 1.54) is 18.5 Å². The normalized spacial score (nSPS) is 13.4. The zero-order valence-corrected chi connectivity index (χ0v) is 27.0. The second-order valence-corrected chi connectivity index (χ2v) is 17.9. The highest BCUT2D eigenvalue weighted by Crippen LogP contribution is 2.36. The van der Waals surface area contributed by atoms with E-state index in [1.54, 1.807) is 23.1 Å². The molecule has 0 spiro atoms. The van der Waals surface area contributed by atoms with Gasteiger partial charge in [0.1, 0.15) is 24.5 Å². The highest BCUT2D eigenvalue weighted by atomic mass is 28.3. The van der Waals surface area contributed by atoms with Crippen LogP contribution in [0.4, 0.5) is 14.9 Å². The van der Waals surface area contributed by atoms with Crippen molar-refractivity contribution in [3.8, 4) is 11.3 Å².